The predicted molar refractivity (Wildman–Crippen MR) is 54.6 cm³/mol. The highest BCUT2D eigenvalue weighted by Gasteiger charge is 2.22. The molecule has 1 N–H and O–H groups in total. The minimum absolute atomic E-state index is 0.142. The van der Waals surface area contributed by atoms with Gasteiger partial charge in [0.25, 0.3) is 0 Å². The van der Waals surface area contributed by atoms with Crippen molar-refractivity contribution < 1.29 is 22.4 Å². The number of hydrogen-bond donors (Lipinski definition) is 1. The first kappa shape index (κ1) is 14.0. The van der Waals surface area contributed by atoms with E-state index in [4.69, 9.17) is 9.39 Å². The third kappa shape index (κ3) is 5.02. The van der Waals surface area contributed by atoms with Crippen LogP contribution in [0.5, 0.6) is 0 Å². The van der Waals surface area contributed by atoms with Crippen molar-refractivity contribution in [3.8, 4) is 0 Å². The third-order valence-corrected chi connectivity index (χ3v) is 2.73. The molecule has 0 aromatic heterocycles. The van der Waals surface area contributed by atoms with Crippen LogP contribution in [0.2, 0.25) is 0 Å². The lowest BCUT2D eigenvalue weighted by molar-refractivity contribution is -1.10. The Bertz CT molecular complexity index is 164. The molecule has 0 amide bonds. The highest BCUT2D eigenvalue weighted by Crippen LogP contribution is 2.06. The molecule has 1 atom stereocenters. The van der Waals surface area contributed by atoms with Crippen LogP contribution in [0.4, 0.5) is 0 Å². The number of quaternary nitrogens is 1. The third-order valence-electron chi connectivity index (χ3n) is 2.36. The van der Waals surface area contributed by atoms with Gasteiger partial charge in [-0.2, -0.15) is 8.86 Å². The van der Waals surface area contributed by atoms with Gasteiger partial charge in [0.2, 0.25) is 0 Å². The van der Waals surface area contributed by atoms with Crippen LogP contribution in [0, 0.1) is 0 Å². The monoisotopic (exact) mass is 226 g/mol. The van der Waals surface area contributed by atoms with Crippen molar-refractivity contribution in [3.05, 3.63) is 0 Å². The lowest BCUT2D eigenvalue weighted by atomic mass is 10.5. The summed E-state index contributed by atoms with van der Waals surface area (Å²) in [6.07, 6.45) is 0. The maximum Gasteiger partial charge on any atom is 0.301 e. The fraction of sp³-hybridized carbons (Fsp3) is 1.00. The minimum Gasteiger partial charge on any atom is -0.284 e. The lowest BCUT2D eigenvalue weighted by Crippen LogP contribution is -2.47. The second-order valence-corrected chi connectivity index (χ2v) is 3.55. The molecule has 0 saturated carbocycles. The molecule has 0 aromatic rings. The molecule has 0 bridgehead atoms. The van der Waals surface area contributed by atoms with Gasteiger partial charge >= 0.3 is 11.4 Å². The zero-order chi connectivity index (χ0) is 11.0. The van der Waals surface area contributed by atoms with Gasteiger partial charge in [-0.1, -0.05) is 0 Å². The summed E-state index contributed by atoms with van der Waals surface area (Å²) in [6, 6.07) is 0. The van der Waals surface area contributed by atoms with Crippen molar-refractivity contribution in [1.29, 1.82) is 0 Å². The molecular weight excluding hydrogens is 206 g/mol. The average molecular weight is 226 g/mol. The van der Waals surface area contributed by atoms with Crippen LogP contribution in [0.25, 0.3) is 0 Å². The highest BCUT2D eigenvalue weighted by atomic mass is 32.2. The SMILES string of the molecule is CC[N+](CC)(CC)OCCOS(=O)O. The summed E-state index contributed by atoms with van der Waals surface area (Å²) in [5.74, 6) is 0. The van der Waals surface area contributed by atoms with Crippen LogP contribution in [0.15, 0.2) is 0 Å². The van der Waals surface area contributed by atoms with E-state index in [-0.39, 0.29) is 6.61 Å². The van der Waals surface area contributed by atoms with Crippen molar-refractivity contribution in [2.45, 2.75) is 20.8 Å². The molecule has 0 aliphatic heterocycles. The molecule has 1 unspecified atom stereocenters. The van der Waals surface area contributed by atoms with Gasteiger partial charge in [0.15, 0.2) is 0 Å². The number of hydrogen-bond acceptors (Lipinski definition) is 3. The van der Waals surface area contributed by atoms with E-state index in [1.165, 1.54) is 0 Å². The van der Waals surface area contributed by atoms with Crippen molar-refractivity contribution in [1.82, 2.24) is 0 Å². The van der Waals surface area contributed by atoms with Crippen LogP contribution in [0.1, 0.15) is 20.8 Å². The quantitative estimate of drug-likeness (QED) is 0.290. The maximum absolute atomic E-state index is 10.2. The summed E-state index contributed by atoms with van der Waals surface area (Å²) in [5, 5.41) is 0. The summed E-state index contributed by atoms with van der Waals surface area (Å²) in [4.78, 5) is 5.59. The second-order valence-electron chi connectivity index (χ2n) is 2.88. The van der Waals surface area contributed by atoms with E-state index in [2.05, 4.69) is 25.0 Å². The van der Waals surface area contributed by atoms with Crippen molar-refractivity contribution in [2.24, 2.45) is 0 Å². The van der Waals surface area contributed by atoms with Gasteiger partial charge in [0.1, 0.15) is 26.2 Å². The molecule has 0 aliphatic rings. The first-order chi connectivity index (χ1) is 6.60. The molecule has 0 rings (SSSR count). The Morgan fingerprint density at radius 3 is 2.00 bits per heavy atom. The molecular formula is C8H20NO4S+. The van der Waals surface area contributed by atoms with E-state index in [1.807, 2.05) is 0 Å². The summed E-state index contributed by atoms with van der Waals surface area (Å²) in [5.41, 5.74) is 0. The Labute approximate surface area is 88.0 Å². The Morgan fingerprint density at radius 1 is 1.14 bits per heavy atom. The summed E-state index contributed by atoms with van der Waals surface area (Å²) < 4.78 is 23.5. The first-order valence-electron chi connectivity index (χ1n) is 4.85. The van der Waals surface area contributed by atoms with E-state index >= 15 is 0 Å². The predicted octanol–water partition coefficient (Wildman–Crippen LogP) is 0.948. The number of rotatable bonds is 8. The Balaban J connectivity index is 3.77. The highest BCUT2D eigenvalue weighted by molar-refractivity contribution is 7.74. The fourth-order valence-electron chi connectivity index (χ4n) is 1.28. The van der Waals surface area contributed by atoms with Gasteiger partial charge in [-0.05, 0) is 20.8 Å². The van der Waals surface area contributed by atoms with Gasteiger partial charge in [0, 0.05) is 0 Å². The molecule has 0 spiro atoms. The molecule has 0 aromatic carbocycles. The average Bonchev–Trinajstić information content (AvgIpc) is 2.19. The molecule has 0 heterocycles. The van der Waals surface area contributed by atoms with E-state index in [0.29, 0.717) is 11.3 Å². The van der Waals surface area contributed by atoms with E-state index < -0.39 is 11.4 Å². The molecule has 5 nitrogen and oxygen atoms in total. The van der Waals surface area contributed by atoms with Crippen molar-refractivity contribution in [2.75, 3.05) is 32.8 Å². The molecule has 6 heteroatoms. The van der Waals surface area contributed by atoms with E-state index in [1.54, 1.807) is 0 Å². The maximum atomic E-state index is 10.2. The minimum atomic E-state index is -2.19. The Hall–Kier alpha value is -0.0100. The number of hydroxylamine groups is 3. The molecule has 14 heavy (non-hydrogen) atoms. The van der Waals surface area contributed by atoms with Crippen LogP contribution >= 0.6 is 0 Å². The van der Waals surface area contributed by atoms with E-state index in [9.17, 15) is 4.21 Å². The normalized spacial score (nSPS) is 14.3. The standard InChI is InChI=1S/C8H19NO4S/c1-4-9(5-2,6-3)12-7-8-13-14(10)11/h4-8H2,1-3H3/p+1. The van der Waals surface area contributed by atoms with Gasteiger partial charge in [-0.25, -0.2) is 4.84 Å². The zero-order valence-electron chi connectivity index (χ0n) is 9.06. The molecule has 0 fully saturated rings. The van der Waals surface area contributed by atoms with Crippen LogP contribution < -0.4 is 0 Å². The second kappa shape index (κ2) is 7.30. The van der Waals surface area contributed by atoms with Gasteiger partial charge < -0.3 is 0 Å². The summed E-state index contributed by atoms with van der Waals surface area (Å²) >= 11 is -2.19. The van der Waals surface area contributed by atoms with Crippen LogP contribution in [0.3, 0.4) is 0 Å². The summed E-state index contributed by atoms with van der Waals surface area (Å²) in [7, 11) is 0. The molecule has 0 saturated heterocycles. The van der Waals surface area contributed by atoms with Gasteiger partial charge in [-0.3, -0.25) is 8.74 Å². The lowest BCUT2D eigenvalue weighted by Gasteiger charge is -2.32. The zero-order valence-corrected chi connectivity index (χ0v) is 9.88. The molecule has 86 valence electrons. The summed E-state index contributed by atoms with van der Waals surface area (Å²) in [6.45, 7) is 9.29. The topological polar surface area (TPSA) is 55.8 Å². The van der Waals surface area contributed by atoms with Crippen LogP contribution in [-0.4, -0.2) is 46.3 Å². The fourth-order valence-corrected chi connectivity index (χ4v) is 1.49. The Kier molecular flexibility index (Phi) is 7.30. The smallest absolute Gasteiger partial charge is 0.284 e. The Morgan fingerprint density at radius 2 is 1.64 bits per heavy atom. The van der Waals surface area contributed by atoms with Gasteiger partial charge in [0.05, 0.1) is 6.61 Å². The molecule has 0 radical (unpaired) electrons. The van der Waals surface area contributed by atoms with Crippen LogP contribution in [-0.2, 0) is 20.4 Å². The first-order valence-corrected chi connectivity index (χ1v) is 5.88. The van der Waals surface area contributed by atoms with Gasteiger partial charge in [-0.15, -0.1) is 0 Å². The molecule has 0 aliphatic carbocycles. The van der Waals surface area contributed by atoms with Crippen molar-refractivity contribution >= 4 is 11.4 Å². The largest absolute Gasteiger partial charge is 0.301 e. The van der Waals surface area contributed by atoms with E-state index in [0.717, 1.165) is 19.6 Å². The number of nitrogens with zero attached hydrogens (tertiary/aromatic N) is 1. The van der Waals surface area contributed by atoms with Crippen molar-refractivity contribution in [3.63, 3.8) is 0 Å².